The van der Waals surface area contributed by atoms with Gasteiger partial charge in [-0.25, -0.2) is 4.99 Å². The number of aryl methyl sites for hydroxylation is 2. The maximum Gasteiger partial charge on any atom is 0.253 e. The average Bonchev–Trinajstić information content (AvgIpc) is 3.13. The fourth-order valence-corrected chi connectivity index (χ4v) is 3.33. The van der Waals surface area contributed by atoms with Crippen LogP contribution in [0.4, 0.5) is 0 Å². The molecule has 6 nitrogen and oxygen atoms in total. The summed E-state index contributed by atoms with van der Waals surface area (Å²) in [5.74, 6) is 0.518. The van der Waals surface area contributed by atoms with Gasteiger partial charge < -0.3 is 14.8 Å². The number of benzene rings is 2. The van der Waals surface area contributed by atoms with Crippen molar-refractivity contribution < 1.29 is 19.1 Å². The molecule has 2 amide bonds. The van der Waals surface area contributed by atoms with Crippen molar-refractivity contribution in [3.05, 3.63) is 57.6 Å². The minimum absolute atomic E-state index is 0.159. The van der Waals surface area contributed by atoms with E-state index in [1.54, 1.807) is 18.2 Å². The summed E-state index contributed by atoms with van der Waals surface area (Å²) in [6.07, 6.45) is 2.48. The van der Waals surface area contributed by atoms with Crippen LogP contribution in [0.2, 0.25) is 0 Å². The van der Waals surface area contributed by atoms with Gasteiger partial charge >= 0.3 is 0 Å². The first-order chi connectivity index (χ1) is 13.0. The number of hydrogen-bond acceptors (Lipinski definition) is 4. The number of ether oxygens (including phenoxy) is 2. The lowest BCUT2D eigenvalue weighted by Gasteiger charge is -2.14. The van der Waals surface area contributed by atoms with Crippen LogP contribution in [0.3, 0.4) is 0 Å². The molecule has 2 aromatic carbocycles. The SMILES string of the molecule is Cc1ccc(C)c2c1=CC(CCNC(=O)c1ccc3c(c1)OCO3)C(=O)N=2. The van der Waals surface area contributed by atoms with E-state index in [2.05, 4.69) is 10.3 Å². The number of nitrogens with one attached hydrogen (secondary N) is 1. The first-order valence-corrected chi connectivity index (χ1v) is 8.91. The molecule has 138 valence electrons. The molecule has 0 aromatic heterocycles. The quantitative estimate of drug-likeness (QED) is 0.890. The Hall–Kier alpha value is -3.15. The summed E-state index contributed by atoms with van der Waals surface area (Å²) in [4.78, 5) is 29.0. The molecule has 2 aromatic rings. The van der Waals surface area contributed by atoms with Crippen molar-refractivity contribution in [3.8, 4) is 11.5 Å². The first-order valence-electron chi connectivity index (χ1n) is 8.91. The van der Waals surface area contributed by atoms with Crippen molar-refractivity contribution in [2.45, 2.75) is 20.3 Å². The first kappa shape index (κ1) is 17.3. The molecule has 2 aliphatic heterocycles. The molecule has 0 radical (unpaired) electrons. The molecule has 0 aliphatic carbocycles. The molecule has 0 fully saturated rings. The van der Waals surface area contributed by atoms with Crippen LogP contribution in [0.25, 0.3) is 6.08 Å². The van der Waals surface area contributed by atoms with Crippen molar-refractivity contribution in [2.24, 2.45) is 10.9 Å². The number of rotatable bonds is 4. The smallest absolute Gasteiger partial charge is 0.253 e. The molecule has 0 saturated heterocycles. The Kier molecular flexibility index (Phi) is 4.39. The molecule has 0 bridgehead atoms. The number of fused-ring (bicyclic) bond motifs is 2. The minimum Gasteiger partial charge on any atom is -0.454 e. The molecule has 1 atom stereocenters. The molecular formula is C21H20N2O4. The van der Waals surface area contributed by atoms with Crippen molar-refractivity contribution in [3.63, 3.8) is 0 Å². The second kappa shape index (κ2) is 6.87. The number of amides is 2. The molecule has 4 rings (SSSR count). The topological polar surface area (TPSA) is 77.0 Å². The Labute approximate surface area is 156 Å². The number of carbonyl (C=O) groups is 2. The fourth-order valence-electron chi connectivity index (χ4n) is 3.33. The molecular weight excluding hydrogens is 344 g/mol. The molecule has 1 unspecified atom stereocenters. The highest BCUT2D eigenvalue weighted by Crippen LogP contribution is 2.32. The largest absolute Gasteiger partial charge is 0.454 e. The normalized spacial score (nSPS) is 17.0. The van der Waals surface area contributed by atoms with Crippen LogP contribution in [0.15, 0.2) is 35.3 Å². The van der Waals surface area contributed by atoms with E-state index in [0.29, 0.717) is 30.0 Å². The summed E-state index contributed by atoms with van der Waals surface area (Å²) in [6.45, 7) is 4.52. The highest BCUT2D eigenvalue weighted by molar-refractivity contribution is 5.95. The summed E-state index contributed by atoms with van der Waals surface area (Å²) >= 11 is 0. The van der Waals surface area contributed by atoms with E-state index < -0.39 is 0 Å². The lowest BCUT2D eigenvalue weighted by Crippen LogP contribution is -2.38. The van der Waals surface area contributed by atoms with Gasteiger partial charge in [0.25, 0.3) is 11.8 Å². The molecule has 6 heteroatoms. The monoisotopic (exact) mass is 364 g/mol. The molecule has 2 aliphatic rings. The van der Waals surface area contributed by atoms with Crippen molar-refractivity contribution in [1.82, 2.24) is 5.32 Å². The molecule has 0 saturated carbocycles. The Morgan fingerprint density at radius 3 is 2.78 bits per heavy atom. The van der Waals surface area contributed by atoms with Gasteiger partial charge in [0.2, 0.25) is 6.79 Å². The van der Waals surface area contributed by atoms with Crippen LogP contribution < -0.4 is 25.4 Å². The molecule has 2 heterocycles. The maximum absolute atomic E-state index is 12.4. The standard InChI is InChI=1S/C21H20N2O4/c1-12-3-4-13(2)19-16(12)9-15(21(25)23-19)7-8-22-20(24)14-5-6-17-18(10-14)27-11-26-17/h3-6,9-10,15H,7-8,11H2,1-2H3,(H,22,24). The third kappa shape index (κ3) is 3.30. The summed E-state index contributed by atoms with van der Waals surface area (Å²) < 4.78 is 10.5. The zero-order valence-electron chi connectivity index (χ0n) is 15.2. The van der Waals surface area contributed by atoms with E-state index in [-0.39, 0.29) is 24.5 Å². The lowest BCUT2D eigenvalue weighted by molar-refractivity contribution is -0.120. The average molecular weight is 364 g/mol. The Balaban J connectivity index is 1.43. The zero-order chi connectivity index (χ0) is 19.0. The van der Waals surface area contributed by atoms with Gasteiger partial charge in [-0.15, -0.1) is 0 Å². The van der Waals surface area contributed by atoms with Crippen LogP contribution in [-0.4, -0.2) is 25.2 Å². The van der Waals surface area contributed by atoms with Gasteiger partial charge in [-0.2, -0.15) is 0 Å². The fraction of sp³-hybridized carbons (Fsp3) is 0.286. The van der Waals surface area contributed by atoms with E-state index in [0.717, 1.165) is 21.7 Å². The summed E-state index contributed by atoms with van der Waals surface area (Å²) in [5.41, 5.74) is 2.59. The molecule has 0 spiro atoms. The maximum atomic E-state index is 12.4. The predicted octanol–water partition coefficient (Wildman–Crippen LogP) is 1.41. The van der Waals surface area contributed by atoms with Crippen molar-refractivity contribution in [1.29, 1.82) is 0 Å². The number of hydrogen-bond donors (Lipinski definition) is 1. The van der Waals surface area contributed by atoms with Crippen LogP contribution in [-0.2, 0) is 4.79 Å². The van der Waals surface area contributed by atoms with E-state index in [1.807, 2.05) is 32.1 Å². The van der Waals surface area contributed by atoms with Gasteiger partial charge in [-0.05, 0) is 49.6 Å². The lowest BCUT2D eigenvalue weighted by atomic mass is 9.97. The van der Waals surface area contributed by atoms with Crippen LogP contribution in [0, 0.1) is 19.8 Å². The van der Waals surface area contributed by atoms with Gasteiger partial charge in [0.05, 0.1) is 11.3 Å². The summed E-state index contributed by atoms with van der Waals surface area (Å²) in [5, 5.41) is 4.64. The zero-order valence-corrected chi connectivity index (χ0v) is 15.2. The molecule has 27 heavy (non-hydrogen) atoms. The van der Waals surface area contributed by atoms with E-state index >= 15 is 0 Å². The van der Waals surface area contributed by atoms with E-state index in [1.165, 1.54) is 0 Å². The molecule has 1 N–H and O–H groups in total. The number of nitrogens with zero attached hydrogens (tertiary/aromatic N) is 1. The highest BCUT2D eigenvalue weighted by atomic mass is 16.7. The second-order valence-corrected chi connectivity index (χ2v) is 6.80. The minimum atomic E-state index is -0.324. The van der Waals surface area contributed by atoms with Crippen LogP contribution >= 0.6 is 0 Å². The van der Waals surface area contributed by atoms with Crippen LogP contribution in [0.5, 0.6) is 11.5 Å². The van der Waals surface area contributed by atoms with Gasteiger partial charge in [0.15, 0.2) is 11.5 Å². The second-order valence-electron chi connectivity index (χ2n) is 6.80. The number of carbonyl (C=O) groups excluding carboxylic acids is 2. The third-order valence-corrected chi connectivity index (χ3v) is 4.92. The van der Waals surface area contributed by atoms with E-state index in [9.17, 15) is 9.59 Å². The van der Waals surface area contributed by atoms with Crippen molar-refractivity contribution in [2.75, 3.05) is 13.3 Å². The van der Waals surface area contributed by atoms with Gasteiger partial charge in [-0.1, -0.05) is 18.2 Å². The highest BCUT2D eigenvalue weighted by Gasteiger charge is 2.20. The van der Waals surface area contributed by atoms with Crippen molar-refractivity contribution >= 4 is 17.9 Å². The Morgan fingerprint density at radius 2 is 1.93 bits per heavy atom. The Bertz CT molecular complexity index is 1060. The van der Waals surface area contributed by atoms with E-state index in [4.69, 9.17) is 9.47 Å². The Morgan fingerprint density at radius 1 is 1.15 bits per heavy atom. The van der Waals surface area contributed by atoms with Gasteiger partial charge in [0.1, 0.15) is 0 Å². The van der Waals surface area contributed by atoms with Crippen LogP contribution in [0.1, 0.15) is 27.9 Å². The third-order valence-electron chi connectivity index (χ3n) is 4.92. The predicted molar refractivity (Wildman–Crippen MR) is 99.2 cm³/mol. The van der Waals surface area contributed by atoms with Gasteiger partial charge in [0, 0.05) is 17.3 Å². The summed E-state index contributed by atoms with van der Waals surface area (Å²) in [6, 6.07) is 9.08. The summed E-state index contributed by atoms with van der Waals surface area (Å²) in [7, 11) is 0. The van der Waals surface area contributed by atoms with Gasteiger partial charge in [-0.3, -0.25) is 9.59 Å².